The molecule has 20 heavy (non-hydrogen) atoms. The van der Waals surface area contributed by atoms with Crippen LogP contribution in [-0.4, -0.2) is 38.7 Å². The summed E-state index contributed by atoms with van der Waals surface area (Å²) in [6, 6.07) is 0.113. The van der Waals surface area contributed by atoms with Crippen molar-refractivity contribution in [3.05, 3.63) is 0 Å². The third-order valence-electron chi connectivity index (χ3n) is 4.24. The van der Waals surface area contributed by atoms with Crippen molar-refractivity contribution in [3.63, 3.8) is 0 Å². The van der Waals surface area contributed by atoms with Gasteiger partial charge < -0.3 is 20.0 Å². The van der Waals surface area contributed by atoms with E-state index in [4.69, 9.17) is 9.79 Å². The van der Waals surface area contributed by atoms with E-state index in [-0.39, 0.29) is 17.9 Å². The van der Waals surface area contributed by atoms with Gasteiger partial charge in [-0.2, -0.15) is 12.6 Å². The lowest BCUT2D eigenvalue weighted by Crippen LogP contribution is -2.43. The van der Waals surface area contributed by atoms with E-state index in [0.717, 1.165) is 19.4 Å². The van der Waals surface area contributed by atoms with Crippen molar-refractivity contribution in [1.29, 1.82) is 0 Å². The number of rotatable bonds is 5. The van der Waals surface area contributed by atoms with E-state index in [1.165, 1.54) is 0 Å². The highest BCUT2D eigenvalue weighted by Crippen LogP contribution is 2.65. The lowest BCUT2D eigenvalue weighted by Gasteiger charge is -2.31. The Labute approximate surface area is 123 Å². The van der Waals surface area contributed by atoms with Crippen LogP contribution in [0.2, 0.25) is 0 Å². The van der Waals surface area contributed by atoms with Crippen LogP contribution < -0.4 is 5.32 Å². The molecule has 0 aromatic carbocycles. The van der Waals surface area contributed by atoms with Crippen molar-refractivity contribution >= 4 is 28.0 Å². The lowest BCUT2D eigenvalue weighted by atomic mass is 9.89. The molecule has 2 rings (SSSR count). The fourth-order valence-electron chi connectivity index (χ4n) is 3.58. The van der Waals surface area contributed by atoms with Gasteiger partial charge in [0.25, 0.3) is 0 Å². The highest BCUT2D eigenvalue weighted by molar-refractivity contribution is 7.80. The second-order valence-corrected chi connectivity index (χ2v) is 9.37. The Balaban J connectivity index is 2.20. The average molecular weight is 345 g/mol. The van der Waals surface area contributed by atoms with Crippen LogP contribution in [0.3, 0.4) is 0 Å². The third-order valence-corrected chi connectivity index (χ3v) is 7.72. The third kappa shape index (κ3) is 3.87. The van der Waals surface area contributed by atoms with Gasteiger partial charge in [-0.05, 0) is 49.8 Å². The summed E-state index contributed by atoms with van der Waals surface area (Å²) < 4.78 is 27.4. The van der Waals surface area contributed by atoms with Crippen LogP contribution in [-0.2, 0) is 13.4 Å². The maximum absolute atomic E-state index is 12.2. The highest BCUT2D eigenvalue weighted by atomic mass is 32.1. The number of phosphoric acid groups is 1. The smallest absolute Gasteiger partial charge is 0.324 e. The lowest BCUT2D eigenvalue weighted by molar-refractivity contribution is 0.250. The molecule has 10 heteroatoms. The first-order chi connectivity index (χ1) is 9.24. The summed E-state index contributed by atoms with van der Waals surface area (Å²) in [5.74, 6) is 0.682. The molecule has 2 fully saturated rings. The number of fused-ring (bicyclic) bond motifs is 1. The van der Waals surface area contributed by atoms with Gasteiger partial charge in [0.1, 0.15) is 0 Å². The van der Waals surface area contributed by atoms with E-state index in [2.05, 4.69) is 22.3 Å². The van der Waals surface area contributed by atoms with Crippen LogP contribution in [0.25, 0.3) is 0 Å². The molecule has 1 aliphatic heterocycles. The first-order valence-corrected chi connectivity index (χ1v) is 10.5. The zero-order valence-electron chi connectivity index (χ0n) is 11.0. The molecule has 7 nitrogen and oxygen atoms in total. The molecule has 1 heterocycles. The monoisotopic (exact) mass is 345 g/mol. The minimum absolute atomic E-state index is 0.113. The fraction of sp³-hybridized carbons (Fsp3) is 1.00. The zero-order chi connectivity index (χ0) is 15.0. The molecule has 1 aliphatic carbocycles. The van der Waals surface area contributed by atoms with Gasteiger partial charge in [0.15, 0.2) is 0 Å². The minimum atomic E-state index is -4.98. The topological polar surface area (TPSA) is 116 Å². The molecule has 1 saturated heterocycles. The highest BCUT2D eigenvalue weighted by Gasteiger charge is 2.53. The predicted molar refractivity (Wildman–Crippen MR) is 77.8 cm³/mol. The molecule has 0 amide bonds. The second-order valence-electron chi connectivity index (χ2n) is 5.50. The number of thiol groups is 1. The van der Waals surface area contributed by atoms with Crippen LogP contribution in [0, 0.1) is 11.8 Å². The molecule has 0 spiro atoms. The molecule has 4 N–H and O–H groups in total. The number of piperidine rings is 1. The molecule has 0 aromatic rings. The molecule has 5 unspecified atom stereocenters. The van der Waals surface area contributed by atoms with E-state index in [1.54, 1.807) is 0 Å². The summed E-state index contributed by atoms with van der Waals surface area (Å²) in [7, 11) is -9.34. The summed E-state index contributed by atoms with van der Waals surface area (Å²) >= 11 is 4.18. The summed E-state index contributed by atoms with van der Waals surface area (Å²) in [5.41, 5.74) is -0.733. The summed E-state index contributed by atoms with van der Waals surface area (Å²) in [6.45, 7) is 0.867. The average Bonchev–Trinajstić information content (AvgIpc) is 2.67. The maximum Gasteiger partial charge on any atom is 0.476 e. The van der Waals surface area contributed by atoms with E-state index < -0.39 is 21.1 Å². The Hall–Kier alpha value is 0.610. The van der Waals surface area contributed by atoms with E-state index in [1.807, 2.05) is 0 Å². The van der Waals surface area contributed by atoms with Crippen molar-refractivity contribution in [2.24, 2.45) is 11.8 Å². The fourth-order valence-corrected chi connectivity index (χ4v) is 6.94. The Bertz CT molecular complexity index is 443. The van der Waals surface area contributed by atoms with Gasteiger partial charge in [0.2, 0.25) is 0 Å². The van der Waals surface area contributed by atoms with Gasteiger partial charge >= 0.3 is 15.4 Å². The molecule has 118 valence electrons. The van der Waals surface area contributed by atoms with Gasteiger partial charge in [-0.25, -0.2) is 8.88 Å². The zero-order valence-corrected chi connectivity index (χ0v) is 13.6. The molecule has 1 saturated carbocycles. The van der Waals surface area contributed by atoms with Gasteiger partial charge in [-0.15, -0.1) is 0 Å². The maximum atomic E-state index is 12.2. The van der Waals surface area contributed by atoms with Crippen LogP contribution >= 0.6 is 28.0 Å². The Morgan fingerprint density at radius 2 is 2.00 bits per heavy atom. The van der Waals surface area contributed by atoms with E-state index >= 15 is 0 Å². The van der Waals surface area contributed by atoms with Gasteiger partial charge in [-0.3, -0.25) is 4.57 Å². The molecule has 0 aromatic heterocycles. The van der Waals surface area contributed by atoms with Crippen molar-refractivity contribution in [3.8, 4) is 0 Å². The molecule has 0 radical (unpaired) electrons. The standard InChI is InChI=1S/C10H21NO6P2S/c12-18(13,17-19(14,15)16)9-6-7-2-1-4-11-10(7)8(9)3-5-20/h7-11,20H,1-6H2,(H,12,13)(H2,14,15,16). The first kappa shape index (κ1) is 17.0. The van der Waals surface area contributed by atoms with E-state index in [0.29, 0.717) is 18.6 Å². The summed E-state index contributed by atoms with van der Waals surface area (Å²) in [4.78, 5) is 27.6. The number of hydrogen-bond acceptors (Lipinski definition) is 5. The van der Waals surface area contributed by atoms with E-state index in [9.17, 15) is 14.0 Å². The molecule has 5 atom stereocenters. The second kappa shape index (κ2) is 6.39. The molecular weight excluding hydrogens is 324 g/mol. The Kier molecular flexibility index (Phi) is 5.42. The predicted octanol–water partition coefficient (Wildman–Crippen LogP) is 1.36. The van der Waals surface area contributed by atoms with Crippen molar-refractivity contribution in [2.75, 3.05) is 12.3 Å². The SMILES string of the molecule is O=P(O)(O)OP(=O)(O)C1CC2CCCNC2C1CCS. The molecular formula is C10H21NO6P2S. The van der Waals surface area contributed by atoms with Crippen LogP contribution in [0.15, 0.2) is 0 Å². The number of nitrogens with one attached hydrogen (secondary N) is 1. The molecule has 0 bridgehead atoms. The van der Waals surface area contributed by atoms with Crippen molar-refractivity contribution in [2.45, 2.75) is 37.4 Å². The first-order valence-electron chi connectivity index (χ1n) is 6.68. The van der Waals surface area contributed by atoms with Gasteiger partial charge in [-0.1, -0.05) is 0 Å². The van der Waals surface area contributed by atoms with Crippen LogP contribution in [0.5, 0.6) is 0 Å². The quantitative estimate of drug-likeness (QED) is 0.377. The van der Waals surface area contributed by atoms with Crippen LogP contribution in [0.4, 0.5) is 0 Å². The Morgan fingerprint density at radius 1 is 1.30 bits per heavy atom. The normalized spacial score (nSPS) is 37.4. The van der Waals surface area contributed by atoms with Gasteiger partial charge in [0.05, 0.1) is 5.66 Å². The number of hydrogen-bond donors (Lipinski definition) is 5. The van der Waals surface area contributed by atoms with Gasteiger partial charge in [0, 0.05) is 6.04 Å². The molecule has 2 aliphatic rings. The minimum Gasteiger partial charge on any atom is -0.324 e. The van der Waals surface area contributed by atoms with Crippen molar-refractivity contribution < 1.29 is 28.1 Å². The summed E-state index contributed by atoms with van der Waals surface area (Å²) in [5, 5.41) is 3.37. The Morgan fingerprint density at radius 3 is 2.60 bits per heavy atom. The summed E-state index contributed by atoms with van der Waals surface area (Å²) in [6.07, 6.45) is 3.06. The van der Waals surface area contributed by atoms with Crippen LogP contribution in [0.1, 0.15) is 25.7 Å². The van der Waals surface area contributed by atoms with Crippen molar-refractivity contribution in [1.82, 2.24) is 5.32 Å². The largest absolute Gasteiger partial charge is 0.476 e.